The number of benzene rings is 2. The third-order valence-electron chi connectivity index (χ3n) is 8.27. The summed E-state index contributed by atoms with van der Waals surface area (Å²) in [4.78, 5) is 0. The summed E-state index contributed by atoms with van der Waals surface area (Å²) in [5.41, 5.74) is 12.5. The second-order valence-corrected chi connectivity index (χ2v) is 18.4. The van der Waals surface area contributed by atoms with E-state index in [-0.39, 0.29) is 32.5 Å². The Labute approximate surface area is 244 Å². The van der Waals surface area contributed by atoms with Crippen LogP contribution in [0.15, 0.2) is 24.3 Å². The van der Waals surface area contributed by atoms with Gasteiger partial charge in [-0.2, -0.15) is 0 Å². The van der Waals surface area contributed by atoms with Crippen molar-refractivity contribution in [3.8, 4) is 0 Å². The zero-order valence-corrected chi connectivity index (χ0v) is 29.6. The Balaban J connectivity index is 3.11. The molecule has 0 amide bonds. The first-order valence-corrected chi connectivity index (χ1v) is 15.5. The third-order valence-corrected chi connectivity index (χ3v) is 8.27. The highest BCUT2D eigenvalue weighted by Gasteiger charge is 2.35. The van der Waals surface area contributed by atoms with Gasteiger partial charge in [-0.1, -0.05) is 156 Å². The predicted octanol–water partition coefficient (Wildman–Crippen LogP) is 12.0. The van der Waals surface area contributed by atoms with Gasteiger partial charge in [-0.05, 0) is 83.4 Å². The largest absolute Gasteiger partial charge is 0.0645 e. The van der Waals surface area contributed by atoms with E-state index in [1.165, 1.54) is 44.5 Å². The quantitative estimate of drug-likeness (QED) is 0.369. The van der Waals surface area contributed by atoms with E-state index in [1.807, 2.05) is 0 Å². The van der Waals surface area contributed by atoms with Gasteiger partial charge in [0.15, 0.2) is 0 Å². The molecule has 0 aliphatic rings. The standard InChI is InChI=1S/C39H64/c1-20-27(25-21-28(34(2,3)4)32(38(14,15)16)29(22-25)35(5,6)7)26-23-30(36(8,9)10)33(39(17,18)19)31(24-26)37(11,12)13/h21-24,27H,20H2,1-19H3. The topological polar surface area (TPSA) is 0 Å². The molecule has 0 heterocycles. The summed E-state index contributed by atoms with van der Waals surface area (Å²) in [6.07, 6.45) is 1.09. The van der Waals surface area contributed by atoms with Crippen LogP contribution < -0.4 is 0 Å². The van der Waals surface area contributed by atoms with Crippen LogP contribution in [-0.4, -0.2) is 0 Å². The molecule has 39 heavy (non-hydrogen) atoms. The van der Waals surface area contributed by atoms with E-state index in [0.717, 1.165) is 6.42 Å². The fraction of sp³-hybridized carbons (Fsp3) is 0.692. The molecule has 0 saturated heterocycles. The summed E-state index contributed by atoms with van der Waals surface area (Å²) in [7, 11) is 0. The van der Waals surface area contributed by atoms with Gasteiger partial charge >= 0.3 is 0 Å². The van der Waals surface area contributed by atoms with Crippen LogP contribution in [0, 0.1) is 0 Å². The van der Waals surface area contributed by atoms with Gasteiger partial charge in [0.1, 0.15) is 0 Å². The van der Waals surface area contributed by atoms with Crippen LogP contribution in [0.2, 0.25) is 0 Å². The van der Waals surface area contributed by atoms with Gasteiger partial charge in [0, 0.05) is 5.92 Å². The van der Waals surface area contributed by atoms with Gasteiger partial charge in [0.2, 0.25) is 0 Å². The molecule has 0 fully saturated rings. The van der Waals surface area contributed by atoms with E-state index in [2.05, 4.69) is 156 Å². The van der Waals surface area contributed by atoms with Crippen LogP contribution in [0.25, 0.3) is 0 Å². The van der Waals surface area contributed by atoms with Gasteiger partial charge in [-0.25, -0.2) is 0 Å². The van der Waals surface area contributed by atoms with Crippen molar-refractivity contribution in [2.45, 2.75) is 176 Å². The highest BCUT2D eigenvalue weighted by atomic mass is 14.4. The van der Waals surface area contributed by atoms with Crippen LogP contribution in [0.1, 0.15) is 188 Å². The molecule has 0 saturated carbocycles. The smallest absolute Gasteiger partial charge is 0.00871 e. The zero-order valence-electron chi connectivity index (χ0n) is 29.6. The maximum absolute atomic E-state index is 2.58. The minimum atomic E-state index is 0.0696. The number of hydrogen-bond acceptors (Lipinski definition) is 0. The molecule has 2 aromatic rings. The van der Waals surface area contributed by atoms with Gasteiger partial charge in [0.05, 0.1) is 0 Å². The summed E-state index contributed by atoms with van der Waals surface area (Å²) in [6, 6.07) is 10.3. The summed E-state index contributed by atoms with van der Waals surface area (Å²) < 4.78 is 0. The summed E-state index contributed by atoms with van der Waals surface area (Å²) in [5, 5.41) is 0. The number of rotatable bonds is 3. The fourth-order valence-electron chi connectivity index (χ4n) is 6.38. The summed E-state index contributed by atoms with van der Waals surface area (Å²) in [6.45, 7) is 45.4. The van der Waals surface area contributed by atoms with E-state index in [0.29, 0.717) is 5.92 Å². The lowest BCUT2D eigenvalue weighted by Gasteiger charge is -2.39. The van der Waals surface area contributed by atoms with Crippen LogP contribution in [0.5, 0.6) is 0 Å². The van der Waals surface area contributed by atoms with Crippen LogP contribution in [-0.2, 0) is 32.5 Å². The van der Waals surface area contributed by atoms with Gasteiger partial charge < -0.3 is 0 Å². The predicted molar refractivity (Wildman–Crippen MR) is 177 cm³/mol. The van der Waals surface area contributed by atoms with Crippen molar-refractivity contribution < 1.29 is 0 Å². The molecule has 0 bridgehead atoms. The van der Waals surface area contributed by atoms with E-state index in [9.17, 15) is 0 Å². The molecule has 0 heteroatoms. The lowest BCUT2D eigenvalue weighted by atomic mass is 9.65. The maximum atomic E-state index is 2.58. The first-order valence-electron chi connectivity index (χ1n) is 15.5. The molecule has 0 unspecified atom stereocenters. The zero-order chi connectivity index (χ0) is 30.7. The van der Waals surface area contributed by atoms with E-state index in [4.69, 9.17) is 0 Å². The molecular formula is C39H64. The highest BCUT2D eigenvalue weighted by molar-refractivity contribution is 5.54. The van der Waals surface area contributed by atoms with Gasteiger partial charge in [-0.3, -0.25) is 0 Å². The van der Waals surface area contributed by atoms with Crippen LogP contribution >= 0.6 is 0 Å². The van der Waals surface area contributed by atoms with E-state index >= 15 is 0 Å². The van der Waals surface area contributed by atoms with Gasteiger partial charge in [0.25, 0.3) is 0 Å². The average molecular weight is 533 g/mol. The number of hydrogen-bond donors (Lipinski definition) is 0. The summed E-state index contributed by atoms with van der Waals surface area (Å²) >= 11 is 0. The minimum absolute atomic E-state index is 0.0696. The fourth-order valence-corrected chi connectivity index (χ4v) is 6.38. The van der Waals surface area contributed by atoms with Crippen molar-refractivity contribution in [1.82, 2.24) is 0 Å². The molecule has 0 aromatic heterocycles. The molecule has 0 radical (unpaired) electrons. The molecule has 0 nitrogen and oxygen atoms in total. The monoisotopic (exact) mass is 533 g/mol. The van der Waals surface area contributed by atoms with Crippen molar-refractivity contribution in [2.75, 3.05) is 0 Å². The third kappa shape index (κ3) is 7.40. The highest BCUT2D eigenvalue weighted by Crippen LogP contribution is 2.46. The Morgan fingerprint density at radius 1 is 0.385 bits per heavy atom. The SMILES string of the molecule is CCC(c1cc(C(C)(C)C)c(C(C)(C)C)c(C(C)(C)C)c1)c1cc(C(C)(C)C)c(C(C)(C)C)c(C(C)(C)C)c1. The maximum Gasteiger partial charge on any atom is 0.00871 e. The molecular weight excluding hydrogens is 468 g/mol. The minimum Gasteiger partial charge on any atom is -0.0645 e. The van der Waals surface area contributed by atoms with Crippen molar-refractivity contribution in [3.05, 3.63) is 68.8 Å². The normalized spacial score (nSPS) is 14.4. The first-order chi connectivity index (χ1) is 17.1. The second kappa shape index (κ2) is 10.4. The van der Waals surface area contributed by atoms with Crippen LogP contribution in [0.3, 0.4) is 0 Å². The van der Waals surface area contributed by atoms with Gasteiger partial charge in [-0.15, -0.1) is 0 Å². The lowest BCUT2D eigenvalue weighted by Crippen LogP contribution is -2.29. The van der Waals surface area contributed by atoms with Crippen LogP contribution in [0.4, 0.5) is 0 Å². The van der Waals surface area contributed by atoms with Crippen molar-refractivity contribution >= 4 is 0 Å². The molecule has 0 aliphatic heterocycles. The molecule has 0 N–H and O–H groups in total. The van der Waals surface area contributed by atoms with Crippen molar-refractivity contribution in [2.24, 2.45) is 0 Å². The first kappa shape index (κ1) is 33.6. The Hall–Kier alpha value is -1.56. The summed E-state index contributed by atoms with van der Waals surface area (Å²) in [5.74, 6) is 0.359. The van der Waals surface area contributed by atoms with Crippen molar-refractivity contribution in [3.63, 3.8) is 0 Å². The Bertz CT molecular complexity index is 996. The molecule has 2 aromatic carbocycles. The van der Waals surface area contributed by atoms with E-state index in [1.54, 1.807) is 0 Å². The second-order valence-electron chi connectivity index (χ2n) is 18.4. The Kier molecular flexibility index (Phi) is 8.94. The van der Waals surface area contributed by atoms with E-state index < -0.39 is 0 Å². The lowest BCUT2D eigenvalue weighted by molar-refractivity contribution is 0.493. The molecule has 0 aliphatic carbocycles. The molecule has 0 atom stereocenters. The molecule has 220 valence electrons. The Morgan fingerprint density at radius 2 is 0.590 bits per heavy atom. The molecule has 0 spiro atoms. The average Bonchev–Trinajstić information content (AvgIpc) is 2.69. The Morgan fingerprint density at radius 3 is 0.718 bits per heavy atom. The van der Waals surface area contributed by atoms with Crippen molar-refractivity contribution in [1.29, 1.82) is 0 Å². The molecule has 2 rings (SSSR count).